The Bertz CT molecular complexity index is 883. The molecule has 1 N–H and O–H groups in total. The van der Waals surface area contributed by atoms with Crippen LogP contribution in [0.2, 0.25) is 0 Å². The number of carbonyl (C=O) groups is 1. The molecular formula is C22H26F2N4O. The van der Waals surface area contributed by atoms with Crippen LogP contribution in [0.5, 0.6) is 0 Å². The summed E-state index contributed by atoms with van der Waals surface area (Å²) < 4.78 is 28.5. The number of piperidine rings is 1. The third kappa shape index (κ3) is 4.09. The molecule has 0 bridgehead atoms. The molecule has 2 aromatic rings. The van der Waals surface area contributed by atoms with Crippen molar-refractivity contribution in [3.05, 3.63) is 53.2 Å². The van der Waals surface area contributed by atoms with E-state index < -0.39 is 11.1 Å². The van der Waals surface area contributed by atoms with Gasteiger partial charge in [-0.1, -0.05) is 12.1 Å². The van der Waals surface area contributed by atoms with E-state index >= 15 is 4.39 Å². The molecule has 4 rings (SSSR count). The van der Waals surface area contributed by atoms with E-state index in [2.05, 4.69) is 15.3 Å². The van der Waals surface area contributed by atoms with Crippen molar-refractivity contribution >= 4 is 11.7 Å². The van der Waals surface area contributed by atoms with E-state index in [4.69, 9.17) is 0 Å². The second kappa shape index (κ2) is 7.35. The molecule has 0 unspecified atom stereocenters. The molecule has 7 heteroatoms. The number of benzene rings is 1. The van der Waals surface area contributed by atoms with Crippen LogP contribution < -0.4 is 5.32 Å². The normalized spacial score (nSPS) is 19.7. The molecule has 2 heterocycles. The van der Waals surface area contributed by atoms with Crippen molar-refractivity contribution in [3.63, 3.8) is 0 Å². The molecule has 0 spiro atoms. The van der Waals surface area contributed by atoms with Crippen LogP contribution >= 0.6 is 0 Å². The van der Waals surface area contributed by atoms with Crippen molar-refractivity contribution in [2.45, 2.75) is 50.6 Å². The molecule has 1 saturated carbocycles. The van der Waals surface area contributed by atoms with Gasteiger partial charge in [-0.3, -0.25) is 4.79 Å². The first kappa shape index (κ1) is 19.7. The lowest BCUT2D eigenvalue weighted by molar-refractivity contribution is -0.136. The van der Waals surface area contributed by atoms with Crippen molar-refractivity contribution < 1.29 is 13.6 Å². The highest BCUT2D eigenvalue weighted by Gasteiger charge is 2.53. The smallest absolute Gasteiger partial charge is 0.233 e. The fraction of sp³-hybridized carbons (Fsp3) is 0.500. The van der Waals surface area contributed by atoms with Crippen molar-refractivity contribution in [2.24, 2.45) is 0 Å². The minimum Gasteiger partial charge on any atom is -0.367 e. The van der Waals surface area contributed by atoms with Crippen molar-refractivity contribution in [2.75, 3.05) is 25.0 Å². The van der Waals surface area contributed by atoms with Gasteiger partial charge >= 0.3 is 0 Å². The Morgan fingerprint density at radius 3 is 2.34 bits per heavy atom. The van der Waals surface area contributed by atoms with Crippen molar-refractivity contribution in [3.8, 4) is 0 Å². The van der Waals surface area contributed by atoms with Crippen LogP contribution in [0.25, 0.3) is 0 Å². The minimum absolute atomic E-state index is 0.0427. The van der Waals surface area contributed by atoms with E-state index in [1.54, 1.807) is 23.1 Å². The number of carbonyl (C=O) groups excluding carboxylic acids is 1. The van der Waals surface area contributed by atoms with Gasteiger partial charge in [0.1, 0.15) is 23.1 Å². The largest absolute Gasteiger partial charge is 0.367 e. The Hall–Kier alpha value is -2.57. The Morgan fingerprint density at radius 1 is 1.10 bits per heavy atom. The Balaban J connectivity index is 1.36. The van der Waals surface area contributed by atoms with E-state index in [9.17, 15) is 9.18 Å². The molecule has 2 fully saturated rings. The first-order valence-electron chi connectivity index (χ1n) is 10.1. The number of nitrogens with zero attached hydrogens (tertiary/aromatic N) is 3. The molecule has 1 aliphatic carbocycles. The molecule has 5 nitrogen and oxygen atoms in total. The van der Waals surface area contributed by atoms with Gasteiger partial charge in [-0.2, -0.15) is 0 Å². The maximum Gasteiger partial charge on any atom is 0.233 e. The number of hydrogen-bond acceptors (Lipinski definition) is 4. The first-order valence-corrected chi connectivity index (χ1v) is 10.1. The summed E-state index contributed by atoms with van der Waals surface area (Å²) in [5.74, 6) is 1.01. The van der Waals surface area contributed by atoms with E-state index in [1.165, 1.54) is 12.1 Å². The highest BCUT2D eigenvalue weighted by molar-refractivity contribution is 5.91. The molecule has 1 aromatic heterocycles. The fourth-order valence-corrected chi connectivity index (χ4v) is 4.17. The molecule has 1 aliphatic heterocycles. The Labute approximate surface area is 169 Å². The number of anilines is 1. The third-order valence-electron chi connectivity index (χ3n) is 6.06. The van der Waals surface area contributed by atoms with Crippen molar-refractivity contribution in [1.82, 2.24) is 14.9 Å². The monoisotopic (exact) mass is 400 g/mol. The number of rotatable bonds is 5. The van der Waals surface area contributed by atoms with Crippen molar-refractivity contribution in [1.29, 1.82) is 0 Å². The maximum absolute atomic E-state index is 15.3. The van der Waals surface area contributed by atoms with E-state index in [0.717, 1.165) is 24.1 Å². The van der Waals surface area contributed by atoms with Crippen LogP contribution in [0.4, 0.5) is 14.6 Å². The van der Waals surface area contributed by atoms with Crippen LogP contribution in [0, 0.1) is 19.7 Å². The van der Waals surface area contributed by atoms with Crippen LogP contribution in [-0.2, 0) is 10.2 Å². The van der Waals surface area contributed by atoms with Gasteiger partial charge < -0.3 is 10.2 Å². The number of likely N-dealkylation sites (tertiary alicyclic amines) is 1. The summed E-state index contributed by atoms with van der Waals surface area (Å²) in [4.78, 5) is 23.4. The highest BCUT2D eigenvalue weighted by atomic mass is 19.1. The summed E-state index contributed by atoms with van der Waals surface area (Å²) in [5.41, 5.74) is -0.227. The quantitative estimate of drug-likeness (QED) is 0.831. The predicted molar refractivity (Wildman–Crippen MR) is 107 cm³/mol. The number of aryl methyl sites for hydroxylation is 2. The van der Waals surface area contributed by atoms with Gasteiger partial charge in [0, 0.05) is 37.7 Å². The average Bonchev–Trinajstić information content (AvgIpc) is 3.48. The zero-order valence-corrected chi connectivity index (χ0v) is 16.8. The van der Waals surface area contributed by atoms with Gasteiger partial charge in [0.15, 0.2) is 0 Å². The van der Waals surface area contributed by atoms with Gasteiger partial charge in [-0.05, 0) is 44.4 Å². The van der Waals surface area contributed by atoms with E-state index in [-0.39, 0.29) is 31.1 Å². The summed E-state index contributed by atoms with van der Waals surface area (Å²) >= 11 is 0. The summed E-state index contributed by atoms with van der Waals surface area (Å²) in [5, 5.41) is 3.09. The molecule has 29 heavy (non-hydrogen) atoms. The number of hydrogen-bond donors (Lipinski definition) is 1. The van der Waals surface area contributed by atoms with Gasteiger partial charge in [-0.15, -0.1) is 0 Å². The third-order valence-corrected chi connectivity index (χ3v) is 6.06. The van der Waals surface area contributed by atoms with E-state index in [1.807, 2.05) is 13.8 Å². The van der Waals surface area contributed by atoms with Gasteiger partial charge in [0.25, 0.3) is 0 Å². The van der Waals surface area contributed by atoms with E-state index in [0.29, 0.717) is 24.7 Å². The lowest BCUT2D eigenvalue weighted by Crippen LogP contribution is -2.50. The predicted octanol–water partition coefficient (Wildman–Crippen LogP) is 3.71. The SMILES string of the molecule is Cc1cc(NCC2(F)CCN(C(=O)C3(c4ccc(F)cc4)CC3)CC2)nc(C)n1. The fourth-order valence-electron chi connectivity index (χ4n) is 4.17. The number of alkyl halides is 1. The summed E-state index contributed by atoms with van der Waals surface area (Å²) in [7, 11) is 0. The summed E-state index contributed by atoms with van der Waals surface area (Å²) in [6.07, 6.45) is 2.11. The van der Waals surface area contributed by atoms with Gasteiger partial charge in [-0.25, -0.2) is 18.7 Å². The first-order chi connectivity index (χ1) is 13.8. The lowest BCUT2D eigenvalue weighted by Gasteiger charge is -2.38. The second-order valence-electron chi connectivity index (χ2n) is 8.33. The van der Waals surface area contributed by atoms with Crippen LogP contribution in [0.1, 0.15) is 42.8 Å². The minimum atomic E-state index is -1.38. The maximum atomic E-state index is 15.3. The van der Waals surface area contributed by atoms with Gasteiger partial charge in [0.2, 0.25) is 5.91 Å². The number of halogens is 2. The zero-order valence-electron chi connectivity index (χ0n) is 16.8. The number of aromatic nitrogens is 2. The summed E-state index contributed by atoms with van der Waals surface area (Å²) in [6.45, 7) is 4.63. The topological polar surface area (TPSA) is 58.1 Å². The highest BCUT2D eigenvalue weighted by Crippen LogP contribution is 2.50. The molecule has 1 amide bonds. The molecule has 1 aromatic carbocycles. The zero-order chi connectivity index (χ0) is 20.6. The molecule has 0 atom stereocenters. The molecule has 2 aliphatic rings. The standard InChI is InChI=1S/C22H26F2N4O/c1-15-13-19(27-16(2)26-15)25-14-21(24)9-11-28(12-10-21)20(29)22(7-8-22)17-3-5-18(23)6-4-17/h3-6,13H,7-12,14H2,1-2H3,(H,25,26,27). The Kier molecular flexibility index (Phi) is 5.00. The number of amides is 1. The van der Waals surface area contributed by atoms with Crippen LogP contribution in [0.15, 0.2) is 30.3 Å². The van der Waals surface area contributed by atoms with Gasteiger partial charge in [0.05, 0.1) is 12.0 Å². The Morgan fingerprint density at radius 2 is 1.76 bits per heavy atom. The average molecular weight is 400 g/mol. The lowest BCUT2D eigenvalue weighted by atomic mass is 9.89. The van der Waals surface area contributed by atoms with Crippen LogP contribution in [0.3, 0.4) is 0 Å². The molecule has 1 saturated heterocycles. The molecule has 154 valence electrons. The molecule has 0 radical (unpaired) electrons. The molecular weight excluding hydrogens is 374 g/mol. The number of nitrogens with one attached hydrogen (secondary N) is 1. The second-order valence-corrected chi connectivity index (χ2v) is 8.33. The van der Waals surface area contributed by atoms with Crippen LogP contribution in [-0.4, -0.2) is 46.1 Å². The summed E-state index contributed by atoms with van der Waals surface area (Å²) in [6, 6.07) is 7.98.